The smallest absolute Gasteiger partial charge is 0.423 e. The van der Waals surface area contributed by atoms with Crippen LogP contribution in [0.2, 0.25) is 0 Å². The second kappa shape index (κ2) is 5.58. The number of alkyl halides is 3. The average molecular weight is 306 g/mol. The molecular weight excluding hydrogens is 293 g/mol. The Labute approximate surface area is 117 Å². The fraction of sp³-hybridized carbons (Fsp3) is 0.417. The second-order valence-electron chi connectivity index (χ2n) is 4.60. The van der Waals surface area contributed by atoms with E-state index in [1.807, 2.05) is 0 Å². The first-order chi connectivity index (χ1) is 9.51. The van der Waals surface area contributed by atoms with Crippen molar-refractivity contribution >= 4 is 17.3 Å². The molecule has 1 aromatic rings. The minimum Gasteiger partial charge on any atom is -0.480 e. The highest BCUT2D eigenvalue weighted by Gasteiger charge is 2.39. The molecule has 9 heteroatoms. The number of hydrogen-bond acceptors (Lipinski definition) is 4. The van der Waals surface area contributed by atoms with Crippen molar-refractivity contribution in [1.82, 2.24) is 0 Å². The van der Waals surface area contributed by atoms with Gasteiger partial charge in [0.05, 0.1) is 4.92 Å². The highest BCUT2D eigenvalue weighted by atomic mass is 19.4. The van der Waals surface area contributed by atoms with Crippen LogP contribution in [0.25, 0.3) is 0 Å². The molecule has 0 aliphatic carbocycles. The Morgan fingerprint density at radius 1 is 1.43 bits per heavy atom. The second-order valence-corrected chi connectivity index (χ2v) is 4.60. The molecule has 1 aromatic carbocycles. The molecule has 0 fully saturated rings. The van der Waals surface area contributed by atoms with Crippen molar-refractivity contribution < 1.29 is 28.0 Å². The minimum absolute atomic E-state index is 0.112. The van der Waals surface area contributed by atoms with Gasteiger partial charge in [-0.1, -0.05) is 6.92 Å². The van der Waals surface area contributed by atoms with Gasteiger partial charge in [-0.15, -0.1) is 0 Å². The maximum Gasteiger partial charge on any atom is 0.423 e. The van der Waals surface area contributed by atoms with Gasteiger partial charge in [-0.25, -0.2) is 4.79 Å². The molecule has 0 aromatic heterocycles. The molecule has 1 rings (SSSR count). The van der Waals surface area contributed by atoms with Crippen LogP contribution in [-0.4, -0.2) is 21.5 Å². The molecule has 2 N–H and O–H groups in total. The summed E-state index contributed by atoms with van der Waals surface area (Å²) in [7, 11) is 0. The number of carboxylic acids is 1. The van der Waals surface area contributed by atoms with E-state index < -0.39 is 33.9 Å². The monoisotopic (exact) mass is 306 g/mol. The van der Waals surface area contributed by atoms with Crippen LogP contribution in [0.4, 0.5) is 24.5 Å². The maximum absolute atomic E-state index is 12.8. The Hall–Kier alpha value is -2.32. The number of nitro groups is 1. The zero-order valence-electron chi connectivity index (χ0n) is 11.2. The lowest BCUT2D eigenvalue weighted by Crippen LogP contribution is -2.42. The van der Waals surface area contributed by atoms with Crippen LogP contribution in [0.5, 0.6) is 0 Å². The van der Waals surface area contributed by atoms with Gasteiger partial charge in [0.2, 0.25) is 0 Å². The lowest BCUT2D eigenvalue weighted by molar-refractivity contribution is -0.388. The van der Waals surface area contributed by atoms with Gasteiger partial charge in [-0.3, -0.25) is 10.1 Å². The van der Waals surface area contributed by atoms with Crippen LogP contribution in [0.15, 0.2) is 18.2 Å². The van der Waals surface area contributed by atoms with Crippen molar-refractivity contribution in [3.63, 3.8) is 0 Å². The molecule has 0 bridgehead atoms. The quantitative estimate of drug-likeness (QED) is 0.643. The number of nitro benzene ring substituents is 1. The minimum atomic E-state index is -4.91. The molecule has 6 nitrogen and oxygen atoms in total. The zero-order chi connectivity index (χ0) is 16.4. The van der Waals surface area contributed by atoms with E-state index in [-0.39, 0.29) is 12.1 Å². The molecule has 0 radical (unpaired) electrons. The number of rotatable bonds is 5. The molecule has 0 saturated heterocycles. The van der Waals surface area contributed by atoms with Gasteiger partial charge in [0.25, 0.3) is 5.69 Å². The third kappa shape index (κ3) is 3.61. The summed E-state index contributed by atoms with van der Waals surface area (Å²) >= 11 is 0. The predicted octanol–water partition coefficient (Wildman–Crippen LogP) is 3.28. The number of nitrogens with one attached hydrogen (secondary N) is 1. The number of carbonyl (C=O) groups is 1. The first kappa shape index (κ1) is 16.7. The Morgan fingerprint density at radius 2 is 2.00 bits per heavy atom. The summed E-state index contributed by atoms with van der Waals surface area (Å²) in [5.41, 5.74) is -4.14. The van der Waals surface area contributed by atoms with Crippen molar-refractivity contribution in [1.29, 1.82) is 0 Å². The third-order valence-corrected chi connectivity index (χ3v) is 3.10. The van der Waals surface area contributed by atoms with Crippen LogP contribution in [-0.2, 0) is 11.0 Å². The van der Waals surface area contributed by atoms with Gasteiger partial charge in [0.1, 0.15) is 11.1 Å². The number of carboxylic acid groups (broad SMARTS) is 1. The van der Waals surface area contributed by atoms with E-state index in [1.165, 1.54) is 6.92 Å². The number of aliphatic carboxylic acids is 1. The Morgan fingerprint density at radius 3 is 2.38 bits per heavy atom. The van der Waals surface area contributed by atoms with Gasteiger partial charge < -0.3 is 10.4 Å². The normalized spacial score (nSPS) is 14.3. The molecule has 0 aliphatic heterocycles. The van der Waals surface area contributed by atoms with E-state index in [0.29, 0.717) is 12.1 Å². The van der Waals surface area contributed by atoms with Crippen LogP contribution in [0.3, 0.4) is 0 Å². The topological polar surface area (TPSA) is 92.5 Å². The predicted molar refractivity (Wildman–Crippen MR) is 68.1 cm³/mol. The van der Waals surface area contributed by atoms with Crippen LogP contribution >= 0.6 is 0 Å². The summed E-state index contributed by atoms with van der Waals surface area (Å²) in [6, 6.07) is 2.28. The van der Waals surface area contributed by atoms with Gasteiger partial charge in [0, 0.05) is 11.8 Å². The first-order valence-electron chi connectivity index (χ1n) is 5.88. The number of hydrogen-bond donors (Lipinski definition) is 2. The van der Waals surface area contributed by atoms with E-state index in [9.17, 15) is 28.1 Å². The number of halogens is 3. The maximum atomic E-state index is 12.8. The van der Waals surface area contributed by atoms with E-state index in [4.69, 9.17) is 5.11 Å². The molecule has 116 valence electrons. The van der Waals surface area contributed by atoms with Crippen molar-refractivity contribution in [2.24, 2.45) is 0 Å². The average Bonchev–Trinajstić information content (AvgIpc) is 2.37. The Kier molecular flexibility index (Phi) is 4.45. The highest BCUT2D eigenvalue weighted by molar-refractivity contribution is 5.82. The molecule has 1 atom stereocenters. The van der Waals surface area contributed by atoms with Crippen molar-refractivity contribution in [2.75, 3.05) is 5.32 Å². The van der Waals surface area contributed by atoms with E-state index in [1.54, 1.807) is 6.92 Å². The van der Waals surface area contributed by atoms with Gasteiger partial charge in [-0.05, 0) is 25.5 Å². The molecular formula is C12H13F3N2O4. The molecule has 0 saturated carbocycles. The fourth-order valence-corrected chi connectivity index (χ4v) is 1.61. The Bertz CT molecular complexity index is 574. The molecule has 0 spiro atoms. The van der Waals surface area contributed by atoms with Gasteiger partial charge in [0.15, 0.2) is 0 Å². The largest absolute Gasteiger partial charge is 0.480 e. The Balaban J connectivity index is 3.30. The number of nitrogens with zero attached hydrogens (tertiary/aromatic N) is 1. The molecule has 0 aliphatic rings. The van der Waals surface area contributed by atoms with Crippen molar-refractivity contribution in [2.45, 2.75) is 32.0 Å². The first-order valence-corrected chi connectivity index (χ1v) is 5.88. The standard InChI is InChI=1S/C12H13F3N2O4/c1-3-11(2,10(18)19)16-7-4-5-9(17(20)21)8(6-7)12(13,14)15/h4-6,16H,3H2,1-2H3,(H,18,19). The van der Waals surface area contributed by atoms with Gasteiger partial charge in [-0.2, -0.15) is 13.2 Å². The summed E-state index contributed by atoms with van der Waals surface area (Å²) in [6.07, 6.45) is -4.80. The van der Waals surface area contributed by atoms with E-state index in [0.717, 1.165) is 6.07 Å². The summed E-state index contributed by atoms with van der Waals surface area (Å²) in [6.45, 7) is 2.86. The van der Waals surface area contributed by atoms with Crippen LogP contribution in [0, 0.1) is 10.1 Å². The lowest BCUT2D eigenvalue weighted by Gasteiger charge is -2.26. The van der Waals surface area contributed by atoms with Crippen molar-refractivity contribution in [3.05, 3.63) is 33.9 Å². The van der Waals surface area contributed by atoms with E-state index in [2.05, 4.69) is 5.32 Å². The summed E-state index contributed by atoms with van der Waals surface area (Å²) in [5.74, 6) is -1.24. The van der Waals surface area contributed by atoms with Crippen LogP contribution in [0.1, 0.15) is 25.8 Å². The molecule has 0 heterocycles. The number of anilines is 1. The van der Waals surface area contributed by atoms with Gasteiger partial charge >= 0.3 is 12.1 Å². The highest BCUT2D eigenvalue weighted by Crippen LogP contribution is 2.38. The van der Waals surface area contributed by atoms with E-state index >= 15 is 0 Å². The summed E-state index contributed by atoms with van der Waals surface area (Å²) in [4.78, 5) is 20.6. The summed E-state index contributed by atoms with van der Waals surface area (Å²) < 4.78 is 38.4. The molecule has 1 unspecified atom stereocenters. The zero-order valence-corrected chi connectivity index (χ0v) is 11.2. The third-order valence-electron chi connectivity index (χ3n) is 3.10. The molecule has 21 heavy (non-hydrogen) atoms. The fourth-order valence-electron chi connectivity index (χ4n) is 1.61. The summed E-state index contributed by atoms with van der Waals surface area (Å²) in [5, 5.41) is 22.2. The van der Waals surface area contributed by atoms with Crippen LogP contribution < -0.4 is 5.32 Å². The lowest BCUT2D eigenvalue weighted by atomic mass is 9.98. The molecule has 0 amide bonds. The van der Waals surface area contributed by atoms with Crippen molar-refractivity contribution in [3.8, 4) is 0 Å². The number of benzene rings is 1. The SMILES string of the molecule is CCC(C)(Nc1ccc([N+](=O)[O-])c(C(F)(F)F)c1)C(=O)O.